The number of aromatic nitrogens is 1. The maximum Gasteiger partial charge on any atom is 0.260 e. The van der Waals surface area contributed by atoms with Crippen LogP contribution in [0.25, 0.3) is 0 Å². The third-order valence-corrected chi connectivity index (χ3v) is 3.34. The van der Waals surface area contributed by atoms with Crippen molar-refractivity contribution in [1.29, 1.82) is 0 Å². The smallest absolute Gasteiger partial charge is 0.260 e. The van der Waals surface area contributed by atoms with Crippen LogP contribution in [0.15, 0.2) is 23.1 Å². The minimum atomic E-state index is -0.388. The fourth-order valence-electron chi connectivity index (χ4n) is 2.20. The number of nitrogens with one attached hydrogen (secondary N) is 2. The predicted molar refractivity (Wildman–Crippen MR) is 69.8 cm³/mol. The molecule has 0 atom stereocenters. The summed E-state index contributed by atoms with van der Waals surface area (Å²) in [5, 5.41) is 2.84. The molecule has 0 unspecified atom stereocenters. The number of carbonyl (C=O) groups excluding carboxylic acids is 2. The van der Waals surface area contributed by atoms with E-state index in [4.69, 9.17) is 0 Å². The molecular formula is C13H17N3O3. The number of pyridine rings is 1. The van der Waals surface area contributed by atoms with Gasteiger partial charge in [-0.3, -0.25) is 14.4 Å². The molecule has 2 amide bonds. The molecular weight excluding hydrogens is 246 g/mol. The van der Waals surface area contributed by atoms with Crippen LogP contribution < -0.4 is 10.9 Å². The topological polar surface area (TPSA) is 82.3 Å². The minimum absolute atomic E-state index is 0.0164. The third kappa shape index (κ3) is 3.21. The number of rotatable bonds is 2. The summed E-state index contributed by atoms with van der Waals surface area (Å²) in [5.74, 6) is -0.299. The normalized spacial score (nSPS) is 16.2. The molecule has 1 aromatic rings. The van der Waals surface area contributed by atoms with Crippen LogP contribution in [-0.4, -0.2) is 40.8 Å². The Hall–Kier alpha value is -2.11. The molecule has 1 aliphatic rings. The van der Waals surface area contributed by atoms with Gasteiger partial charge >= 0.3 is 0 Å². The van der Waals surface area contributed by atoms with E-state index in [1.165, 1.54) is 12.3 Å². The fourth-order valence-corrected chi connectivity index (χ4v) is 2.20. The highest BCUT2D eigenvalue weighted by atomic mass is 16.2. The summed E-state index contributed by atoms with van der Waals surface area (Å²) < 4.78 is 0. The summed E-state index contributed by atoms with van der Waals surface area (Å²) >= 11 is 0. The molecule has 1 fully saturated rings. The number of H-pyrrole nitrogens is 1. The summed E-state index contributed by atoms with van der Waals surface area (Å²) in [6, 6.07) is 3.13. The first-order chi connectivity index (χ1) is 9.08. The van der Waals surface area contributed by atoms with Crippen LogP contribution in [0.1, 0.15) is 30.1 Å². The number of hydrogen-bond donors (Lipinski definition) is 2. The van der Waals surface area contributed by atoms with E-state index >= 15 is 0 Å². The molecule has 19 heavy (non-hydrogen) atoms. The molecule has 0 aromatic carbocycles. The Morgan fingerprint density at radius 1 is 1.37 bits per heavy atom. The Kier molecular flexibility index (Phi) is 3.99. The van der Waals surface area contributed by atoms with Gasteiger partial charge in [-0.1, -0.05) is 0 Å². The number of likely N-dealkylation sites (tertiary alicyclic amines) is 1. The van der Waals surface area contributed by atoms with Crippen molar-refractivity contribution in [2.45, 2.75) is 25.8 Å². The molecule has 0 saturated carbocycles. The number of aromatic amines is 1. The maximum atomic E-state index is 11.9. The highest BCUT2D eigenvalue weighted by Crippen LogP contribution is 2.10. The van der Waals surface area contributed by atoms with E-state index < -0.39 is 0 Å². The molecule has 2 rings (SSSR count). The lowest BCUT2D eigenvalue weighted by Gasteiger charge is -2.31. The van der Waals surface area contributed by atoms with Crippen LogP contribution >= 0.6 is 0 Å². The van der Waals surface area contributed by atoms with Crippen LogP contribution in [0, 0.1) is 0 Å². The molecule has 2 N–H and O–H groups in total. The van der Waals surface area contributed by atoms with Crippen LogP contribution in [0.5, 0.6) is 0 Å². The lowest BCUT2D eigenvalue weighted by atomic mass is 10.0. The van der Waals surface area contributed by atoms with Crippen LogP contribution in [0.4, 0.5) is 0 Å². The van der Waals surface area contributed by atoms with Crippen molar-refractivity contribution in [3.05, 3.63) is 34.2 Å². The fraction of sp³-hybridized carbons (Fsp3) is 0.462. The molecule has 6 heteroatoms. The molecule has 0 bridgehead atoms. The predicted octanol–water partition coefficient (Wildman–Crippen LogP) is 0.116. The number of carbonyl (C=O) groups is 2. The monoisotopic (exact) mass is 263 g/mol. The molecule has 1 aromatic heterocycles. The van der Waals surface area contributed by atoms with Gasteiger partial charge in [0.2, 0.25) is 5.91 Å². The van der Waals surface area contributed by atoms with Crippen LogP contribution in [0.3, 0.4) is 0 Å². The van der Waals surface area contributed by atoms with E-state index in [-0.39, 0.29) is 29.0 Å². The Morgan fingerprint density at radius 2 is 2.05 bits per heavy atom. The maximum absolute atomic E-state index is 11.9. The third-order valence-electron chi connectivity index (χ3n) is 3.34. The van der Waals surface area contributed by atoms with Crippen molar-refractivity contribution in [2.24, 2.45) is 0 Å². The minimum Gasteiger partial charge on any atom is -0.349 e. The Labute approximate surface area is 110 Å². The van der Waals surface area contributed by atoms with E-state index in [0.717, 1.165) is 12.8 Å². The number of hydrogen-bond acceptors (Lipinski definition) is 3. The molecule has 6 nitrogen and oxygen atoms in total. The first-order valence-electron chi connectivity index (χ1n) is 6.32. The average Bonchev–Trinajstić information content (AvgIpc) is 2.39. The summed E-state index contributed by atoms with van der Waals surface area (Å²) in [7, 11) is 0. The summed E-state index contributed by atoms with van der Waals surface area (Å²) in [6.45, 7) is 2.83. The lowest BCUT2D eigenvalue weighted by molar-refractivity contribution is -0.129. The summed E-state index contributed by atoms with van der Waals surface area (Å²) in [6.07, 6.45) is 2.93. The second kappa shape index (κ2) is 5.69. The van der Waals surface area contributed by atoms with Gasteiger partial charge in [-0.15, -0.1) is 0 Å². The van der Waals surface area contributed by atoms with Crippen molar-refractivity contribution in [2.75, 3.05) is 13.1 Å². The number of piperidine rings is 1. The van der Waals surface area contributed by atoms with Gasteiger partial charge in [0.05, 0.1) is 0 Å². The molecule has 1 aliphatic heterocycles. The summed E-state index contributed by atoms with van der Waals surface area (Å²) in [4.78, 5) is 38.8. The van der Waals surface area contributed by atoms with Crippen molar-refractivity contribution in [3.8, 4) is 0 Å². The molecule has 0 radical (unpaired) electrons. The standard InChI is InChI=1S/C13H17N3O3/c1-9(17)16-7-4-10(5-8-16)15-13(19)11-3-2-6-14-12(11)18/h2-3,6,10H,4-5,7-8H2,1H3,(H,14,18)(H,15,19). The van der Waals surface area contributed by atoms with Gasteiger partial charge in [-0.2, -0.15) is 0 Å². The van der Waals surface area contributed by atoms with E-state index in [1.54, 1.807) is 17.9 Å². The summed E-state index contributed by atoms with van der Waals surface area (Å²) in [5.41, 5.74) is -0.266. The molecule has 1 saturated heterocycles. The first kappa shape index (κ1) is 13.3. The van der Waals surface area contributed by atoms with Gasteiger partial charge in [0, 0.05) is 32.3 Å². The van der Waals surface area contributed by atoms with Gasteiger partial charge in [0.15, 0.2) is 0 Å². The largest absolute Gasteiger partial charge is 0.349 e. The second-order valence-corrected chi connectivity index (χ2v) is 4.67. The first-order valence-corrected chi connectivity index (χ1v) is 6.32. The number of nitrogens with zero attached hydrogens (tertiary/aromatic N) is 1. The second-order valence-electron chi connectivity index (χ2n) is 4.67. The zero-order valence-corrected chi connectivity index (χ0v) is 10.8. The van der Waals surface area contributed by atoms with Gasteiger partial charge in [-0.25, -0.2) is 0 Å². The highest BCUT2D eigenvalue weighted by molar-refractivity contribution is 5.93. The van der Waals surface area contributed by atoms with Crippen molar-refractivity contribution in [1.82, 2.24) is 15.2 Å². The number of amides is 2. The van der Waals surface area contributed by atoms with Gasteiger partial charge in [-0.05, 0) is 25.0 Å². The average molecular weight is 263 g/mol. The molecule has 0 spiro atoms. The van der Waals surface area contributed by atoms with E-state index in [1.807, 2.05) is 0 Å². The zero-order valence-electron chi connectivity index (χ0n) is 10.8. The Morgan fingerprint density at radius 3 is 2.63 bits per heavy atom. The molecule has 0 aliphatic carbocycles. The van der Waals surface area contributed by atoms with E-state index in [0.29, 0.717) is 13.1 Å². The molecule has 102 valence electrons. The van der Waals surface area contributed by atoms with Gasteiger partial charge in [0.25, 0.3) is 11.5 Å². The lowest BCUT2D eigenvalue weighted by Crippen LogP contribution is -2.46. The quantitative estimate of drug-likeness (QED) is 0.795. The molecule has 2 heterocycles. The van der Waals surface area contributed by atoms with Gasteiger partial charge in [0.1, 0.15) is 5.56 Å². The van der Waals surface area contributed by atoms with Crippen LogP contribution in [0.2, 0.25) is 0 Å². The van der Waals surface area contributed by atoms with Gasteiger partial charge < -0.3 is 15.2 Å². The van der Waals surface area contributed by atoms with Crippen molar-refractivity contribution < 1.29 is 9.59 Å². The van der Waals surface area contributed by atoms with E-state index in [2.05, 4.69) is 10.3 Å². The highest BCUT2D eigenvalue weighted by Gasteiger charge is 2.22. The van der Waals surface area contributed by atoms with E-state index in [9.17, 15) is 14.4 Å². The van der Waals surface area contributed by atoms with Crippen LogP contribution in [-0.2, 0) is 4.79 Å². The van der Waals surface area contributed by atoms with Crippen molar-refractivity contribution in [3.63, 3.8) is 0 Å². The SMILES string of the molecule is CC(=O)N1CCC(NC(=O)c2ccc[nH]c2=O)CC1. The van der Waals surface area contributed by atoms with Crippen molar-refractivity contribution >= 4 is 11.8 Å². The Balaban J connectivity index is 1.93. The Bertz CT molecular complexity index is 530. The zero-order chi connectivity index (χ0) is 13.8.